The molecule has 3 N–H and O–H groups in total. The van der Waals surface area contributed by atoms with Gasteiger partial charge in [-0.05, 0) is 41.1 Å². The highest BCUT2D eigenvalue weighted by atomic mass is 127. The van der Waals surface area contributed by atoms with E-state index in [0.29, 0.717) is 5.56 Å². The van der Waals surface area contributed by atoms with Gasteiger partial charge in [0.1, 0.15) is 11.9 Å². The summed E-state index contributed by atoms with van der Waals surface area (Å²) < 4.78 is 14.3. The first-order chi connectivity index (χ1) is 12.2. The summed E-state index contributed by atoms with van der Waals surface area (Å²) in [7, 11) is 0. The molecule has 5 amide bonds. The van der Waals surface area contributed by atoms with Crippen LogP contribution in [0.5, 0.6) is 0 Å². The highest BCUT2D eigenvalue weighted by Gasteiger charge is 2.64. The normalized spacial score (nSPS) is 26.7. The van der Waals surface area contributed by atoms with Crippen molar-refractivity contribution in [3.8, 4) is 0 Å². The first-order valence-corrected chi connectivity index (χ1v) is 8.90. The molecule has 4 rings (SSSR count). The van der Waals surface area contributed by atoms with Gasteiger partial charge < -0.3 is 10.2 Å². The number of rotatable bonds is 0. The van der Waals surface area contributed by atoms with Crippen LogP contribution in [0, 0.1) is 14.9 Å². The minimum atomic E-state index is -1.84. The molecular weight excluding hydrogens is 460 g/mol. The van der Waals surface area contributed by atoms with E-state index in [1.807, 2.05) is 0 Å². The van der Waals surface area contributed by atoms with Crippen molar-refractivity contribution in [1.29, 1.82) is 0 Å². The number of carbonyl (C=O) groups is 4. The van der Waals surface area contributed by atoms with Crippen molar-refractivity contribution < 1.29 is 23.6 Å². The van der Waals surface area contributed by atoms with Crippen molar-refractivity contribution in [3.05, 3.63) is 21.1 Å². The maximum atomic E-state index is 14.0. The van der Waals surface area contributed by atoms with Gasteiger partial charge in [0, 0.05) is 19.0 Å². The Morgan fingerprint density at radius 1 is 1.27 bits per heavy atom. The van der Waals surface area contributed by atoms with Crippen molar-refractivity contribution in [2.45, 2.75) is 25.4 Å². The predicted molar refractivity (Wildman–Crippen MR) is 93.5 cm³/mol. The molecule has 1 spiro atoms. The summed E-state index contributed by atoms with van der Waals surface area (Å²) in [5, 5.41) is 6.87. The van der Waals surface area contributed by atoms with Gasteiger partial charge in [0.25, 0.3) is 0 Å². The van der Waals surface area contributed by atoms with Crippen LogP contribution in [0.25, 0.3) is 0 Å². The number of nitrogens with zero attached hydrogens (tertiary/aromatic N) is 2. The lowest BCUT2D eigenvalue weighted by Crippen LogP contribution is -2.77. The number of barbiturate groups is 1. The topological polar surface area (TPSA) is 120 Å². The van der Waals surface area contributed by atoms with Crippen LogP contribution in [0.2, 0.25) is 0 Å². The minimum Gasteiger partial charge on any atom is -0.350 e. The van der Waals surface area contributed by atoms with Crippen molar-refractivity contribution in [1.82, 2.24) is 20.9 Å². The van der Waals surface area contributed by atoms with Crippen molar-refractivity contribution in [2.75, 3.05) is 11.4 Å². The third-order valence-electron chi connectivity index (χ3n) is 4.88. The summed E-state index contributed by atoms with van der Waals surface area (Å²) in [6, 6.07) is -0.947. The van der Waals surface area contributed by atoms with Gasteiger partial charge in [-0.2, -0.15) is 4.39 Å². The zero-order valence-electron chi connectivity index (χ0n) is 13.4. The molecule has 0 radical (unpaired) electrons. The van der Waals surface area contributed by atoms with Crippen molar-refractivity contribution in [3.63, 3.8) is 0 Å². The van der Waals surface area contributed by atoms with Crippen LogP contribution < -0.4 is 20.9 Å². The van der Waals surface area contributed by atoms with Gasteiger partial charge in [-0.1, -0.05) is 0 Å². The number of hydrogen-bond acceptors (Lipinski definition) is 6. The second kappa shape index (κ2) is 5.59. The molecule has 0 bridgehead atoms. The second-order valence-corrected chi connectivity index (χ2v) is 7.76. The summed E-state index contributed by atoms with van der Waals surface area (Å²) in [4.78, 5) is 55.1. The number of urea groups is 1. The largest absolute Gasteiger partial charge is 0.350 e. The number of piperazine rings is 1. The molecule has 2 atom stereocenters. The van der Waals surface area contributed by atoms with Crippen LogP contribution in [0.3, 0.4) is 0 Å². The van der Waals surface area contributed by atoms with Crippen LogP contribution in [0.4, 0.5) is 15.0 Å². The molecule has 26 heavy (non-hydrogen) atoms. The van der Waals surface area contributed by atoms with Crippen molar-refractivity contribution in [2.24, 2.45) is 5.41 Å². The lowest BCUT2D eigenvalue weighted by atomic mass is 9.68. The summed E-state index contributed by atoms with van der Waals surface area (Å²) in [6.07, 6.45) is -0.167. The van der Waals surface area contributed by atoms with E-state index in [0.717, 1.165) is 0 Å². The Bertz CT molecular complexity index is 871. The number of pyridine rings is 1. The molecule has 9 nitrogen and oxygen atoms in total. The molecule has 0 saturated carbocycles. The summed E-state index contributed by atoms with van der Waals surface area (Å²) in [6.45, 7) is 2.00. The lowest BCUT2D eigenvalue weighted by Gasteiger charge is -2.51. The zero-order chi connectivity index (χ0) is 18.8. The number of aromatic nitrogens is 1. The number of nitrogens with one attached hydrogen (secondary N) is 3. The number of amides is 5. The van der Waals surface area contributed by atoms with E-state index in [1.165, 1.54) is 11.0 Å². The Morgan fingerprint density at radius 2 is 1.92 bits per heavy atom. The van der Waals surface area contributed by atoms with Crippen molar-refractivity contribution >= 4 is 52.2 Å². The Balaban J connectivity index is 1.95. The standard InChI is InChI=1S/C15H13FIN5O4/c1-5-4-22-8(11(23)18-5)15(12(24)20-14(26)21-13(15)25)3-6-2-7(17)9(16)19-10(6)22/h2,5,8H,3-4H2,1H3,(H,18,23)(H2,20,21,24,25,26)/t5-,8+/m0/s1. The Kier molecular flexibility index (Phi) is 3.68. The van der Waals surface area contributed by atoms with Gasteiger partial charge in [0.15, 0.2) is 5.41 Å². The maximum Gasteiger partial charge on any atom is 0.328 e. The van der Waals surface area contributed by atoms with E-state index in [9.17, 15) is 23.6 Å². The second-order valence-electron chi connectivity index (χ2n) is 6.59. The van der Waals surface area contributed by atoms with E-state index in [4.69, 9.17) is 0 Å². The van der Waals surface area contributed by atoms with E-state index in [-0.39, 0.29) is 28.4 Å². The van der Waals surface area contributed by atoms with Gasteiger partial charge in [-0.3, -0.25) is 25.0 Å². The van der Waals surface area contributed by atoms with E-state index in [1.54, 1.807) is 29.5 Å². The Hall–Kier alpha value is -2.31. The molecule has 3 aliphatic rings. The first kappa shape index (κ1) is 17.1. The number of fused-ring (bicyclic) bond motifs is 4. The molecule has 1 aromatic rings. The van der Waals surface area contributed by atoms with Crippen LogP contribution in [-0.2, 0) is 20.8 Å². The fraction of sp³-hybridized carbons (Fsp3) is 0.400. The first-order valence-electron chi connectivity index (χ1n) is 7.83. The van der Waals surface area contributed by atoms with Gasteiger partial charge in [0.2, 0.25) is 23.7 Å². The number of imide groups is 2. The Labute approximate surface area is 160 Å². The number of hydrogen-bond donors (Lipinski definition) is 3. The fourth-order valence-corrected chi connectivity index (χ4v) is 4.35. The fourth-order valence-electron chi connectivity index (χ4n) is 3.85. The van der Waals surface area contributed by atoms with Gasteiger partial charge in [-0.25, -0.2) is 9.78 Å². The molecule has 2 saturated heterocycles. The summed E-state index contributed by atoms with van der Waals surface area (Å²) >= 11 is 1.77. The van der Waals surface area contributed by atoms with Crippen LogP contribution in [0.1, 0.15) is 12.5 Å². The smallest absolute Gasteiger partial charge is 0.328 e. The maximum absolute atomic E-state index is 14.0. The van der Waals surface area contributed by atoms with E-state index < -0.39 is 41.2 Å². The van der Waals surface area contributed by atoms with E-state index in [2.05, 4.69) is 20.9 Å². The molecule has 11 heteroatoms. The van der Waals surface area contributed by atoms with E-state index >= 15 is 0 Å². The number of carbonyl (C=O) groups excluding carboxylic acids is 4. The molecule has 1 aromatic heterocycles. The molecule has 136 valence electrons. The molecule has 0 aromatic carbocycles. The highest BCUT2D eigenvalue weighted by Crippen LogP contribution is 2.44. The molecule has 4 heterocycles. The minimum absolute atomic E-state index is 0.167. The third kappa shape index (κ3) is 2.22. The zero-order valence-corrected chi connectivity index (χ0v) is 15.6. The summed E-state index contributed by atoms with van der Waals surface area (Å²) in [5.74, 6) is -2.70. The number of anilines is 1. The summed E-state index contributed by atoms with van der Waals surface area (Å²) in [5.41, 5.74) is -1.37. The van der Waals surface area contributed by atoms with Gasteiger partial charge in [-0.15, -0.1) is 0 Å². The van der Waals surface area contributed by atoms with Gasteiger partial charge >= 0.3 is 6.03 Å². The van der Waals surface area contributed by atoms with Crippen LogP contribution in [0.15, 0.2) is 6.07 Å². The molecule has 2 fully saturated rings. The average molecular weight is 473 g/mol. The predicted octanol–water partition coefficient (Wildman–Crippen LogP) is -0.573. The SMILES string of the molecule is C[C@H]1CN2c3nc(F)c(I)cc3CC3(C(=O)NC(=O)NC3=O)[C@H]2C(=O)N1. The molecule has 0 unspecified atom stereocenters. The molecule has 3 aliphatic heterocycles. The molecule has 0 aliphatic carbocycles. The quantitative estimate of drug-likeness (QED) is 0.264. The monoisotopic (exact) mass is 473 g/mol. The highest BCUT2D eigenvalue weighted by molar-refractivity contribution is 14.1. The average Bonchev–Trinajstić information content (AvgIpc) is 2.53. The Morgan fingerprint density at radius 3 is 2.58 bits per heavy atom. The number of halogens is 2. The van der Waals surface area contributed by atoms with Crippen LogP contribution >= 0.6 is 22.6 Å². The van der Waals surface area contributed by atoms with Gasteiger partial charge in [0.05, 0.1) is 3.57 Å². The molecular formula is C15H13FIN5O4. The third-order valence-corrected chi connectivity index (χ3v) is 5.64. The van der Waals surface area contributed by atoms with Crippen LogP contribution in [-0.4, -0.2) is 47.4 Å². The lowest BCUT2D eigenvalue weighted by molar-refractivity contribution is -0.151.